The number of aryl methyl sites for hydroxylation is 1. The third-order valence-electron chi connectivity index (χ3n) is 3.32. The minimum atomic E-state index is -0.686. The molecule has 0 saturated carbocycles. The number of aromatic nitrogens is 2. The fourth-order valence-corrected chi connectivity index (χ4v) is 2.20. The van der Waals surface area contributed by atoms with Crippen LogP contribution in [0.3, 0.4) is 0 Å². The molecule has 0 radical (unpaired) electrons. The fourth-order valence-electron chi connectivity index (χ4n) is 2.20. The average Bonchev–Trinajstić information content (AvgIpc) is 2.75. The molecular formula is C14H18FN3. The maximum Gasteiger partial charge on any atom is 0.128 e. The molecule has 1 atom stereocenters. The highest BCUT2D eigenvalue weighted by Crippen LogP contribution is 2.28. The molecule has 0 aliphatic heterocycles. The zero-order valence-corrected chi connectivity index (χ0v) is 10.7. The lowest BCUT2D eigenvalue weighted by molar-refractivity contribution is 0.402. The van der Waals surface area contributed by atoms with Gasteiger partial charge in [0.15, 0.2) is 0 Å². The highest BCUT2D eigenvalue weighted by molar-refractivity contribution is 5.28. The topological polar surface area (TPSA) is 43.8 Å². The second-order valence-electron chi connectivity index (χ2n) is 4.69. The normalized spacial score (nSPS) is 14.4. The van der Waals surface area contributed by atoms with Crippen LogP contribution in [0.25, 0.3) is 0 Å². The van der Waals surface area contributed by atoms with Crippen LogP contribution >= 0.6 is 0 Å². The summed E-state index contributed by atoms with van der Waals surface area (Å²) in [5.74, 6) is -0.245. The van der Waals surface area contributed by atoms with Crippen molar-refractivity contribution in [2.24, 2.45) is 12.8 Å². The molecule has 0 saturated heterocycles. The highest BCUT2D eigenvalue weighted by atomic mass is 19.1. The third-order valence-corrected chi connectivity index (χ3v) is 3.32. The van der Waals surface area contributed by atoms with Gasteiger partial charge in [-0.05, 0) is 24.5 Å². The summed E-state index contributed by atoms with van der Waals surface area (Å²) in [6, 6.07) is 6.71. The van der Waals surface area contributed by atoms with Gasteiger partial charge in [-0.3, -0.25) is 4.68 Å². The Balaban J connectivity index is 2.33. The molecule has 0 fully saturated rings. The number of rotatable bonds is 4. The van der Waals surface area contributed by atoms with Gasteiger partial charge in [-0.15, -0.1) is 0 Å². The third kappa shape index (κ3) is 2.43. The van der Waals surface area contributed by atoms with Crippen molar-refractivity contribution in [1.82, 2.24) is 9.78 Å². The summed E-state index contributed by atoms with van der Waals surface area (Å²) in [6.07, 6.45) is 4.94. The lowest BCUT2D eigenvalue weighted by atomic mass is 9.83. The van der Waals surface area contributed by atoms with Gasteiger partial charge in [-0.25, -0.2) is 4.39 Å². The molecule has 3 nitrogen and oxygen atoms in total. The van der Waals surface area contributed by atoms with Crippen LogP contribution in [0.1, 0.15) is 24.5 Å². The number of nitrogens with two attached hydrogens (primary N) is 1. The van der Waals surface area contributed by atoms with Crippen LogP contribution in [0.2, 0.25) is 0 Å². The minimum Gasteiger partial charge on any atom is -0.321 e. The quantitative estimate of drug-likeness (QED) is 0.901. The summed E-state index contributed by atoms with van der Waals surface area (Å²) in [5.41, 5.74) is 7.28. The first-order valence-corrected chi connectivity index (χ1v) is 6.06. The highest BCUT2D eigenvalue weighted by Gasteiger charge is 2.28. The maximum atomic E-state index is 13.9. The van der Waals surface area contributed by atoms with E-state index < -0.39 is 5.54 Å². The van der Waals surface area contributed by atoms with Gasteiger partial charge in [-0.1, -0.05) is 25.1 Å². The monoisotopic (exact) mass is 247 g/mol. The van der Waals surface area contributed by atoms with Crippen LogP contribution < -0.4 is 5.73 Å². The van der Waals surface area contributed by atoms with E-state index in [1.54, 1.807) is 23.0 Å². The van der Waals surface area contributed by atoms with E-state index in [1.165, 1.54) is 6.07 Å². The number of hydrogen-bond donors (Lipinski definition) is 1. The van der Waals surface area contributed by atoms with Crippen molar-refractivity contribution in [2.45, 2.75) is 25.3 Å². The Labute approximate surface area is 106 Å². The van der Waals surface area contributed by atoms with Gasteiger partial charge in [-0.2, -0.15) is 5.10 Å². The number of hydrogen-bond acceptors (Lipinski definition) is 2. The van der Waals surface area contributed by atoms with Gasteiger partial charge in [0.25, 0.3) is 0 Å². The van der Waals surface area contributed by atoms with Gasteiger partial charge in [0, 0.05) is 24.3 Å². The molecule has 2 N–H and O–H groups in total. The van der Waals surface area contributed by atoms with E-state index in [0.717, 1.165) is 5.56 Å². The van der Waals surface area contributed by atoms with E-state index in [1.807, 2.05) is 26.2 Å². The molecule has 2 aromatic rings. The van der Waals surface area contributed by atoms with Crippen molar-refractivity contribution < 1.29 is 4.39 Å². The summed E-state index contributed by atoms with van der Waals surface area (Å²) in [7, 11) is 1.86. The SMILES string of the molecule is CCC(N)(Cc1cnn(C)c1)c1ccccc1F. The van der Waals surface area contributed by atoms with Crippen LogP contribution in [-0.4, -0.2) is 9.78 Å². The second kappa shape index (κ2) is 4.90. The predicted molar refractivity (Wildman–Crippen MR) is 69.5 cm³/mol. The summed E-state index contributed by atoms with van der Waals surface area (Å²) < 4.78 is 15.6. The first kappa shape index (κ1) is 12.8. The van der Waals surface area contributed by atoms with Crippen molar-refractivity contribution in [3.8, 4) is 0 Å². The smallest absolute Gasteiger partial charge is 0.128 e. The summed E-state index contributed by atoms with van der Waals surface area (Å²) in [4.78, 5) is 0. The zero-order chi connectivity index (χ0) is 13.2. The van der Waals surface area contributed by atoms with Crippen LogP contribution in [0.15, 0.2) is 36.7 Å². The Kier molecular flexibility index (Phi) is 3.48. The Bertz CT molecular complexity index is 535. The van der Waals surface area contributed by atoms with Crippen LogP contribution in [0, 0.1) is 5.82 Å². The van der Waals surface area contributed by atoms with Crippen molar-refractivity contribution >= 4 is 0 Å². The number of halogens is 1. The van der Waals surface area contributed by atoms with Gasteiger partial charge < -0.3 is 5.73 Å². The molecule has 1 unspecified atom stereocenters. The molecule has 2 rings (SSSR count). The predicted octanol–water partition coefficient (Wildman–Crippen LogP) is 2.37. The minimum absolute atomic E-state index is 0.245. The molecular weight excluding hydrogens is 229 g/mol. The van der Waals surface area contributed by atoms with Crippen molar-refractivity contribution in [3.05, 3.63) is 53.6 Å². The second-order valence-corrected chi connectivity index (χ2v) is 4.69. The van der Waals surface area contributed by atoms with Gasteiger partial charge >= 0.3 is 0 Å². The summed E-state index contributed by atoms with van der Waals surface area (Å²) in [6.45, 7) is 1.98. The fraction of sp³-hybridized carbons (Fsp3) is 0.357. The van der Waals surface area contributed by atoms with Crippen molar-refractivity contribution in [3.63, 3.8) is 0 Å². The van der Waals surface area contributed by atoms with E-state index in [9.17, 15) is 4.39 Å². The molecule has 1 aromatic carbocycles. The Morgan fingerprint density at radius 3 is 2.67 bits per heavy atom. The average molecular weight is 247 g/mol. The maximum absolute atomic E-state index is 13.9. The molecule has 0 amide bonds. The lowest BCUT2D eigenvalue weighted by Gasteiger charge is -2.28. The van der Waals surface area contributed by atoms with Crippen molar-refractivity contribution in [2.75, 3.05) is 0 Å². The molecule has 0 spiro atoms. The van der Waals surface area contributed by atoms with Crippen molar-refractivity contribution in [1.29, 1.82) is 0 Å². The molecule has 0 bridgehead atoms. The van der Waals surface area contributed by atoms with Crippen LogP contribution in [0.5, 0.6) is 0 Å². The molecule has 4 heteroatoms. The largest absolute Gasteiger partial charge is 0.321 e. The van der Waals surface area contributed by atoms with E-state index in [0.29, 0.717) is 18.4 Å². The number of nitrogens with zero attached hydrogens (tertiary/aromatic N) is 2. The van der Waals surface area contributed by atoms with Crippen LogP contribution in [0.4, 0.5) is 4.39 Å². The molecule has 1 aromatic heterocycles. The standard InChI is InChI=1S/C14H18FN3/c1-3-14(16,8-11-9-17-18(2)10-11)12-6-4-5-7-13(12)15/h4-7,9-10H,3,8,16H2,1-2H3. The van der Waals surface area contributed by atoms with Gasteiger partial charge in [0.05, 0.1) is 6.20 Å². The van der Waals surface area contributed by atoms with Gasteiger partial charge in [0.1, 0.15) is 5.82 Å². The number of benzene rings is 1. The molecule has 0 aliphatic carbocycles. The lowest BCUT2D eigenvalue weighted by Crippen LogP contribution is -2.39. The Morgan fingerprint density at radius 1 is 1.39 bits per heavy atom. The first-order chi connectivity index (χ1) is 8.55. The molecule has 1 heterocycles. The molecule has 96 valence electrons. The Hall–Kier alpha value is -1.68. The summed E-state index contributed by atoms with van der Waals surface area (Å²) >= 11 is 0. The molecule has 0 aliphatic rings. The Morgan fingerprint density at radius 2 is 2.11 bits per heavy atom. The molecule has 18 heavy (non-hydrogen) atoms. The van der Waals surface area contributed by atoms with E-state index in [2.05, 4.69) is 5.10 Å². The summed E-state index contributed by atoms with van der Waals surface area (Å²) in [5, 5.41) is 4.12. The van der Waals surface area contributed by atoms with E-state index in [4.69, 9.17) is 5.73 Å². The first-order valence-electron chi connectivity index (χ1n) is 6.06. The van der Waals surface area contributed by atoms with Gasteiger partial charge in [0.2, 0.25) is 0 Å². The van der Waals surface area contributed by atoms with Crippen LogP contribution in [-0.2, 0) is 19.0 Å². The van der Waals surface area contributed by atoms with E-state index in [-0.39, 0.29) is 5.82 Å². The zero-order valence-electron chi connectivity index (χ0n) is 10.7. The van der Waals surface area contributed by atoms with E-state index >= 15 is 0 Å².